The molecule has 1 fully saturated rings. The summed E-state index contributed by atoms with van der Waals surface area (Å²) < 4.78 is 0. The van der Waals surface area contributed by atoms with Crippen LogP contribution in [0.3, 0.4) is 0 Å². The number of rotatable bonds is 7. The van der Waals surface area contributed by atoms with Gasteiger partial charge in [0.15, 0.2) is 0 Å². The molecule has 0 aliphatic heterocycles. The van der Waals surface area contributed by atoms with E-state index in [0.29, 0.717) is 31.7 Å². The van der Waals surface area contributed by atoms with Gasteiger partial charge in [-0.25, -0.2) is 0 Å². The molecular weight excluding hydrogens is 256 g/mol. The van der Waals surface area contributed by atoms with Crippen LogP contribution in [0.25, 0.3) is 0 Å². The molecule has 0 spiro atoms. The maximum absolute atomic E-state index is 11.8. The smallest absolute Gasteiger partial charge is 0.234 e. The van der Waals surface area contributed by atoms with Crippen molar-refractivity contribution in [1.82, 2.24) is 20.9 Å². The lowest BCUT2D eigenvalue weighted by atomic mass is 9.90. The van der Waals surface area contributed by atoms with E-state index < -0.39 is 0 Å². The molecule has 116 valence electrons. The maximum Gasteiger partial charge on any atom is 0.234 e. The van der Waals surface area contributed by atoms with E-state index in [1.165, 1.54) is 19.8 Å². The molecule has 6 nitrogen and oxygen atoms in total. The van der Waals surface area contributed by atoms with Crippen LogP contribution in [0.2, 0.25) is 0 Å². The van der Waals surface area contributed by atoms with Gasteiger partial charge < -0.3 is 16.0 Å². The van der Waals surface area contributed by atoms with Crippen LogP contribution in [-0.4, -0.2) is 62.5 Å². The molecule has 0 atom stereocenters. The molecular formula is C14H28N4O2. The fraction of sp³-hybridized carbons (Fsp3) is 0.857. The number of nitrogens with one attached hydrogen (secondary N) is 3. The molecule has 0 aromatic rings. The van der Waals surface area contributed by atoms with Gasteiger partial charge in [0.2, 0.25) is 11.8 Å². The van der Waals surface area contributed by atoms with Gasteiger partial charge >= 0.3 is 0 Å². The first-order valence-electron chi connectivity index (χ1n) is 7.41. The molecule has 2 amide bonds. The van der Waals surface area contributed by atoms with Gasteiger partial charge in [0.05, 0.1) is 6.54 Å². The minimum atomic E-state index is -0.0716. The molecule has 1 aliphatic rings. The number of nitrogens with zero attached hydrogens (tertiary/aromatic N) is 1. The Bertz CT molecular complexity index is 314. The second-order valence-electron chi connectivity index (χ2n) is 5.54. The summed E-state index contributed by atoms with van der Waals surface area (Å²) in [5.74, 6) is -0.0498. The van der Waals surface area contributed by atoms with Crippen molar-refractivity contribution in [1.29, 1.82) is 0 Å². The molecule has 0 saturated heterocycles. The third-order valence-electron chi connectivity index (χ3n) is 3.94. The highest BCUT2D eigenvalue weighted by Gasteiger charge is 2.23. The zero-order valence-electron chi connectivity index (χ0n) is 12.9. The van der Waals surface area contributed by atoms with Crippen molar-refractivity contribution in [2.45, 2.75) is 44.7 Å². The molecule has 0 aromatic heterocycles. The first kappa shape index (κ1) is 16.9. The van der Waals surface area contributed by atoms with Crippen LogP contribution in [0.1, 0.15) is 32.6 Å². The molecule has 0 radical (unpaired) electrons. The average molecular weight is 284 g/mol. The second kappa shape index (κ2) is 8.92. The van der Waals surface area contributed by atoms with E-state index in [4.69, 9.17) is 0 Å². The normalized spacial score (nSPS) is 22.6. The Morgan fingerprint density at radius 3 is 2.25 bits per heavy atom. The van der Waals surface area contributed by atoms with Gasteiger partial charge in [-0.2, -0.15) is 0 Å². The highest BCUT2D eigenvalue weighted by molar-refractivity contribution is 5.78. The fourth-order valence-electron chi connectivity index (χ4n) is 2.66. The lowest BCUT2D eigenvalue weighted by Gasteiger charge is -2.34. The number of likely N-dealkylation sites (N-methyl/N-ethyl adjacent to an activating group) is 1. The zero-order valence-corrected chi connectivity index (χ0v) is 12.9. The minimum Gasteiger partial charge on any atom is -0.355 e. The van der Waals surface area contributed by atoms with Crippen molar-refractivity contribution in [2.75, 3.05) is 33.7 Å². The quantitative estimate of drug-likeness (QED) is 0.561. The molecule has 3 N–H and O–H groups in total. The topological polar surface area (TPSA) is 73.5 Å². The Morgan fingerprint density at radius 1 is 1.10 bits per heavy atom. The summed E-state index contributed by atoms with van der Waals surface area (Å²) in [6.45, 7) is 2.86. The van der Waals surface area contributed by atoms with Crippen LogP contribution in [0, 0.1) is 0 Å². The van der Waals surface area contributed by atoms with Crippen LogP contribution in [-0.2, 0) is 9.59 Å². The Kier molecular flexibility index (Phi) is 7.54. The lowest BCUT2D eigenvalue weighted by molar-refractivity contribution is -0.123. The molecule has 20 heavy (non-hydrogen) atoms. The Labute approximate surface area is 121 Å². The van der Waals surface area contributed by atoms with E-state index in [0.717, 1.165) is 12.8 Å². The van der Waals surface area contributed by atoms with E-state index in [9.17, 15) is 9.59 Å². The van der Waals surface area contributed by atoms with Crippen LogP contribution in [0.5, 0.6) is 0 Å². The van der Waals surface area contributed by atoms with Gasteiger partial charge in [-0.05, 0) is 39.8 Å². The molecule has 0 aromatic carbocycles. The summed E-state index contributed by atoms with van der Waals surface area (Å²) in [6.07, 6.45) is 4.63. The zero-order chi connectivity index (χ0) is 15.0. The van der Waals surface area contributed by atoms with E-state index in [-0.39, 0.29) is 11.8 Å². The van der Waals surface area contributed by atoms with E-state index >= 15 is 0 Å². The van der Waals surface area contributed by atoms with Crippen molar-refractivity contribution >= 4 is 11.8 Å². The summed E-state index contributed by atoms with van der Waals surface area (Å²) in [5.41, 5.74) is 0. The number of amides is 2. The third kappa shape index (κ3) is 6.34. The summed E-state index contributed by atoms with van der Waals surface area (Å²) >= 11 is 0. The fourth-order valence-corrected chi connectivity index (χ4v) is 2.66. The summed E-state index contributed by atoms with van der Waals surface area (Å²) in [6, 6.07) is 1.13. The van der Waals surface area contributed by atoms with Gasteiger partial charge in [-0.15, -0.1) is 0 Å². The van der Waals surface area contributed by atoms with Crippen molar-refractivity contribution in [3.63, 3.8) is 0 Å². The molecule has 0 unspecified atom stereocenters. The molecule has 6 heteroatoms. The van der Waals surface area contributed by atoms with Crippen LogP contribution in [0.15, 0.2) is 0 Å². The average Bonchev–Trinajstić information content (AvgIpc) is 2.43. The van der Waals surface area contributed by atoms with Crippen molar-refractivity contribution in [2.24, 2.45) is 0 Å². The van der Waals surface area contributed by atoms with E-state index in [2.05, 4.69) is 20.9 Å². The largest absolute Gasteiger partial charge is 0.355 e. The van der Waals surface area contributed by atoms with Crippen molar-refractivity contribution in [3.05, 3.63) is 0 Å². The number of carbonyl (C=O) groups excluding carboxylic acids is 2. The molecule has 1 aliphatic carbocycles. The third-order valence-corrected chi connectivity index (χ3v) is 3.94. The predicted molar refractivity (Wildman–Crippen MR) is 79.4 cm³/mol. The van der Waals surface area contributed by atoms with Gasteiger partial charge in [0, 0.05) is 32.1 Å². The Hall–Kier alpha value is -1.14. The standard InChI is InChI=1S/C14H28N4O2/c1-11(19)16-8-9-17-14(20)10-18(3)13-6-4-12(15-2)5-7-13/h12-13,15H,4-10H2,1-3H3,(H,16,19)(H,17,20). The SMILES string of the molecule is CNC1CCC(N(C)CC(=O)NCCNC(C)=O)CC1. The predicted octanol–water partition coefficient (Wildman–Crippen LogP) is -0.299. The lowest BCUT2D eigenvalue weighted by Crippen LogP contribution is -2.45. The first-order chi connectivity index (χ1) is 9.52. The van der Waals surface area contributed by atoms with Gasteiger partial charge in [0.25, 0.3) is 0 Å². The number of hydrogen-bond donors (Lipinski definition) is 3. The van der Waals surface area contributed by atoms with Crippen molar-refractivity contribution in [3.8, 4) is 0 Å². The number of carbonyl (C=O) groups is 2. The highest BCUT2D eigenvalue weighted by atomic mass is 16.2. The Morgan fingerprint density at radius 2 is 1.70 bits per heavy atom. The maximum atomic E-state index is 11.8. The van der Waals surface area contributed by atoms with Crippen LogP contribution >= 0.6 is 0 Å². The van der Waals surface area contributed by atoms with E-state index in [1.807, 2.05) is 14.1 Å². The highest BCUT2D eigenvalue weighted by Crippen LogP contribution is 2.21. The number of hydrogen-bond acceptors (Lipinski definition) is 4. The van der Waals surface area contributed by atoms with Crippen molar-refractivity contribution < 1.29 is 9.59 Å². The summed E-state index contributed by atoms with van der Waals surface area (Å²) in [7, 11) is 4.02. The minimum absolute atomic E-state index is 0.0218. The molecule has 0 bridgehead atoms. The monoisotopic (exact) mass is 284 g/mol. The van der Waals surface area contributed by atoms with Gasteiger partial charge in [-0.1, -0.05) is 0 Å². The molecule has 1 saturated carbocycles. The Balaban J connectivity index is 2.16. The second-order valence-corrected chi connectivity index (χ2v) is 5.54. The summed E-state index contributed by atoms with van der Waals surface area (Å²) in [5, 5.41) is 8.79. The molecule has 0 heterocycles. The summed E-state index contributed by atoms with van der Waals surface area (Å²) in [4.78, 5) is 24.6. The first-order valence-corrected chi connectivity index (χ1v) is 7.41. The molecule has 1 rings (SSSR count). The van der Waals surface area contributed by atoms with E-state index in [1.54, 1.807) is 0 Å². The van der Waals surface area contributed by atoms with Crippen LogP contribution < -0.4 is 16.0 Å². The van der Waals surface area contributed by atoms with Gasteiger partial charge in [-0.3, -0.25) is 14.5 Å². The van der Waals surface area contributed by atoms with Crippen LogP contribution in [0.4, 0.5) is 0 Å². The van der Waals surface area contributed by atoms with Gasteiger partial charge in [0.1, 0.15) is 0 Å².